The second-order valence-corrected chi connectivity index (χ2v) is 5.66. The molecule has 1 heterocycles. The molecule has 0 aliphatic carbocycles. The molecule has 0 aliphatic heterocycles. The second-order valence-electron chi connectivity index (χ2n) is 5.66. The molecule has 2 N–H and O–H groups in total. The standard InChI is InChI=1S/C19H20N4O/c1-22(13-15-7-3-2-4-8-15)19(24)17-9-5-6-10-18(17)23-14-16(11-20)12-21-23/h2-10,12,14H,11,13,20H2,1H3. The summed E-state index contributed by atoms with van der Waals surface area (Å²) in [5, 5.41) is 4.31. The molecule has 24 heavy (non-hydrogen) atoms. The monoisotopic (exact) mass is 320 g/mol. The van der Waals surface area contributed by atoms with Crippen molar-refractivity contribution >= 4 is 5.91 Å². The molecule has 0 bridgehead atoms. The molecule has 0 saturated carbocycles. The summed E-state index contributed by atoms with van der Waals surface area (Å²) in [6.07, 6.45) is 3.57. The average Bonchev–Trinajstić information content (AvgIpc) is 3.11. The first-order valence-electron chi connectivity index (χ1n) is 7.81. The summed E-state index contributed by atoms with van der Waals surface area (Å²) in [7, 11) is 1.81. The smallest absolute Gasteiger partial charge is 0.256 e. The minimum absolute atomic E-state index is 0.0424. The molecule has 1 aromatic heterocycles. The van der Waals surface area contributed by atoms with Crippen LogP contribution in [0.25, 0.3) is 5.69 Å². The van der Waals surface area contributed by atoms with E-state index in [1.165, 1.54) is 0 Å². The van der Waals surface area contributed by atoms with Crippen LogP contribution in [-0.4, -0.2) is 27.6 Å². The molecule has 0 aliphatic rings. The fourth-order valence-corrected chi connectivity index (χ4v) is 2.59. The molecule has 5 heteroatoms. The third-order valence-electron chi connectivity index (χ3n) is 3.86. The van der Waals surface area contributed by atoms with E-state index in [0.29, 0.717) is 18.7 Å². The number of carbonyl (C=O) groups is 1. The fourth-order valence-electron chi connectivity index (χ4n) is 2.59. The number of hydrogen-bond donors (Lipinski definition) is 1. The maximum atomic E-state index is 12.9. The lowest BCUT2D eigenvalue weighted by Crippen LogP contribution is -2.27. The van der Waals surface area contributed by atoms with Crippen LogP contribution >= 0.6 is 0 Å². The van der Waals surface area contributed by atoms with Crippen LogP contribution in [0.4, 0.5) is 0 Å². The summed E-state index contributed by atoms with van der Waals surface area (Å²) in [4.78, 5) is 14.6. The maximum absolute atomic E-state index is 12.9. The summed E-state index contributed by atoms with van der Waals surface area (Å²) >= 11 is 0. The van der Waals surface area contributed by atoms with Gasteiger partial charge in [0.15, 0.2) is 0 Å². The Morgan fingerprint density at radius 2 is 1.79 bits per heavy atom. The molecule has 3 rings (SSSR count). The van der Waals surface area contributed by atoms with Gasteiger partial charge in [-0.2, -0.15) is 5.10 Å². The fraction of sp³-hybridized carbons (Fsp3) is 0.158. The number of nitrogens with zero attached hydrogens (tertiary/aromatic N) is 3. The first kappa shape index (κ1) is 16.0. The first-order chi connectivity index (χ1) is 11.7. The summed E-state index contributed by atoms with van der Waals surface area (Å²) in [5.41, 5.74) is 9.03. The van der Waals surface area contributed by atoms with Crippen molar-refractivity contribution in [3.05, 3.63) is 83.7 Å². The Labute approximate surface area is 141 Å². The van der Waals surface area contributed by atoms with Gasteiger partial charge >= 0.3 is 0 Å². The van der Waals surface area contributed by atoms with Gasteiger partial charge in [0.05, 0.1) is 17.4 Å². The van der Waals surface area contributed by atoms with Gasteiger partial charge in [-0.25, -0.2) is 4.68 Å². The number of carbonyl (C=O) groups excluding carboxylic acids is 1. The first-order valence-corrected chi connectivity index (χ1v) is 7.81. The van der Waals surface area contributed by atoms with E-state index >= 15 is 0 Å². The molecule has 1 amide bonds. The Kier molecular flexibility index (Phi) is 4.72. The van der Waals surface area contributed by atoms with Crippen molar-refractivity contribution in [2.24, 2.45) is 5.73 Å². The van der Waals surface area contributed by atoms with Crippen LogP contribution in [0.15, 0.2) is 67.0 Å². The lowest BCUT2D eigenvalue weighted by Gasteiger charge is -2.19. The highest BCUT2D eigenvalue weighted by Crippen LogP contribution is 2.17. The van der Waals surface area contributed by atoms with E-state index in [1.807, 2.05) is 60.8 Å². The van der Waals surface area contributed by atoms with E-state index in [0.717, 1.165) is 16.8 Å². The van der Waals surface area contributed by atoms with Crippen LogP contribution in [0.3, 0.4) is 0 Å². The number of aromatic nitrogens is 2. The Hall–Kier alpha value is -2.92. The van der Waals surface area contributed by atoms with Crippen LogP contribution in [-0.2, 0) is 13.1 Å². The van der Waals surface area contributed by atoms with E-state index in [4.69, 9.17) is 5.73 Å². The number of amides is 1. The second kappa shape index (κ2) is 7.10. The summed E-state index contributed by atoms with van der Waals surface area (Å²) in [5.74, 6) is -0.0424. The zero-order valence-electron chi connectivity index (χ0n) is 13.6. The molecule has 122 valence electrons. The Balaban J connectivity index is 1.87. The third-order valence-corrected chi connectivity index (χ3v) is 3.86. The largest absolute Gasteiger partial charge is 0.337 e. The van der Waals surface area contributed by atoms with E-state index in [1.54, 1.807) is 22.8 Å². The van der Waals surface area contributed by atoms with Gasteiger partial charge in [-0.1, -0.05) is 42.5 Å². The van der Waals surface area contributed by atoms with Gasteiger partial charge in [0.25, 0.3) is 5.91 Å². The average molecular weight is 320 g/mol. The minimum Gasteiger partial charge on any atom is -0.337 e. The van der Waals surface area contributed by atoms with Crippen molar-refractivity contribution in [2.75, 3.05) is 7.05 Å². The summed E-state index contributed by atoms with van der Waals surface area (Å²) in [6.45, 7) is 0.977. The molecule has 0 saturated heterocycles. The van der Waals surface area contributed by atoms with Gasteiger partial charge in [0, 0.05) is 31.9 Å². The highest BCUT2D eigenvalue weighted by Gasteiger charge is 2.17. The molecule has 5 nitrogen and oxygen atoms in total. The SMILES string of the molecule is CN(Cc1ccccc1)C(=O)c1ccccc1-n1cc(CN)cn1. The molecular formula is C19H20N4O. The van der Waals surface area contributed by atoms with Crippen LogP contribution in [0, 0.1) is 0 Å². The molecule has 0 radical (unpaired) electrons. The van der Waals surface area contributed by atoms with Gasteiger partial charge in [0.1, 0.15) is 0 Å². The number of nitrogens with two attached hydrogens (primary N) is 1. The molecular weight excluding hydrogens is 300 g/mol. The van der Waals surface area contributed by atoms with Crippen LogP contribution in [0.5, 0.6) is 0 Å². The molecule has 0 atom stereocenters. The van der Waals surface area contributed by atoms with E-state index in [-0.39, 0.29) is 5.91 Å². The summed E-state index contributed by atoms with van der Waals surface area (Å²) < 4.78 is 1.70. The van der Waals surface area contributed by atoms with E-state index in [9.17, 15) is 4.79 Å². The highest BCUT2D eigenvalue weighted by atomic mass is 16.2. The topological polar surface area (TPSA) is 64.2 Å². The zero-order valence-corrected chi connectivity index (χ0v) is 13.6. The van der Waals surface area contributed by atoms with Crippen molar-refractivity contribution in [1.82, 2.24) is 14.7 Å². The van der Waals surface area contributed by atoms with Gasteiger partial charge in [-0.05, 0) is 17.7 Å². The van der Waals surface area contributed by atoms with Crippen molar-refractivity contribution < 1.29 is 4.79 Å². The van der Waals surface area contributed by atoms with Gasteiger partial charge in [-0.15, -0.1) is 0 Å². The van der Waals surface area contributed by atoms with Crippen LogP contribution < -0.4 is 5.73 Å². The van der Waals surface area contributed by atoms with Crippen molar-refractivity contribution in [2.45, 2.75) is 13.1 Å². The van der Waals surface area contributed by atoms with Gasteiger partial charge < -0.3 is 10.6 Å². The predicted molar refractivity (Wildman–Crippen MR) is 93.7 cm³/mol. The Bertz CT molecular complexity index is 826. The predicted octanol–water partition coefficient (Wildman–Crippen LogP) is 2.60. The quantitative estimate of drug-likeness (QED) is 0.786. The van der Waals surface area contributed by atoms with Gasteiger partial charge in [0.2, 0.25) is 0 Å². The minimum atomic E-state index is -0.0424. The molecule has 0 spiro atoms. The summed E-state index contributed by atoms with van der Waals surface area (Å²) in [6, 6.07) is 17.4. The zero-order chi connectivity index (χ0) is 16.9. The third kappa shape index (κ3) is 3.36. The number of benzene rings is 2. The van der Waals surface area contributed by atoms with E-state index < -0.39 is 0 Å². The molecule has 0 unspecified atom stereocenters. The Morgan fingerprint density at radius 3 is 2.50 bits per heavy atom. The van der Waals surface area contributed by atoms with Crippen LogP contribution in [0.2, 0.25) is 0 Å². The van der Waals surface area contributed by atoms with Crippen LogP contribution in [0.1, 0.15) is 21.5 Å². The number of hydrogen-bond acceptors (Lipinski definition) is 3. The lowest BCUT2D eigenvalue weighted by atomic mass is 10.1. The lowest BCUT2D eigenvalue weighted by molar-refractivity contribution is 0.0785. The Morgan fingerprint density at radius 1 is 1.08 bits per heavy atom. The normalized spacial score (nSPS) is 10.6. The number of rotatable bonds is 5. The van der Waals surface area contributed by atoms with Gasteiger partial charge in [-0.3, -0.25) is 4.79 Å². The maximum Gasteiger partial charge on any atom is 0.256 e. The van der Waals surface area contributed by atoms with Crippen molar-refractivity contribution in [3.63, 3.8) is 0 Å². The highest BCUT2D eigenvalue weighted by molar-refractivity contribution is 5.97. The number of para-hydroxylation sites is 1. The van der Waals surface area contributed by atoms with Crippen molar-refractivity contribution in [1.29, 1.82) is 0 Å². The molecule has 2 aromatic carbocycles. The molecule has 0 fully saturated rings. The molecule has 3 aromatic rings. The van der Waals surface area contributed by atoms with Crippen molar-refractivity contribution in [3.8, 4) is 5.69 Å². The van der Waals surface area contributed by atoms with E-state index in [2.05, 4.69) is 5.10 Å².